The van der Waals surface area contributed by atoms with E-state index in [1.165, 1.54) is 65.1 Å². The molecule has 0 N–H and O–H groups in total. The topological polar surface area (TPSA) is 18.8 Å². The van der Waals surface area contributed by atoms with Crippen molar-refractivity contribution < 1.29 is 0 Å². The first-order valence-electron chi connectivity index (χ1n) is 19.1. The van der Waals surface area contributed by atoms with Crippen LogP contribution in [-0.2, 0) is 21.7 Å². The zero-order valence-corrected chi connectivity index (χ0v) is 35.0. The van der Waals surface area contributed by atoms with Crippen LogP contribution in [0.15, 0.2) is 114 Å². The van der Waals surface area contributed by atoms with E-state index in [1.807, 2.05) is 11.3 Å². The molecule has 2 aliphatic heterocycles. The van der Waals surface area contributed by atoms with Crippen molar-refractivity contribution >= 4 is 67.0 Å². The molecule has 5 aromatic rings. The van der Waals surface area contributed by atoms with Crippen LogP contribution >= 0.6 is 11.3 Å². The average molecular weight is 718 g/mol. The number of thiophene rings is 1. The third-order valence-electron chi connectivity index (χ3n) is 11.1. The summed E-state index contributed by atoms with van der Waals surface area (Å²) in [5.74, 6) is 0.928. The molecule has 0 amide bonds. The highest BCUT2D eigenvalue weighted by Gasteiger charge is 2.47. The van der Waals surface area contributed by atoms with E-state index in [9.17, 15) is 0 Å². The summed E-state index contributed by atoms with van der Waals surface area (Å²) in [6.07, 6.45) is 1.72. The first kappa shape index (κ1) is 37.0. The van der Waals surface area contributed by atoms with E-state index in [0.717, 1.165) is 17.2 Å². The van der Waals surface area contributed by atoms with E-state index >= 15 is 0 Å². The Labute approximate surface area is 323 Å². The highest BCUT2D eigenvalue weighted by atomic mass is 32.1. The zero-order valence-electron chi connectivity index (χ0n) is 34.2. The summed E-state index contributed by atoms with van der Waals surface area (Å²) in [7, 11) is 0. The summed E-state index contributed by atoms with van der Waals surface area (Å²) in [6, 6.07) is 32.6. The van der Waals surface area contributed by atoms with Gasteiger partial charge in [0.2, 0.25) is 0 Å². The molecule has 1 aromatic heterocycles. The Hall–Kier alpha value is -4.35. The quantitative estimate of drug-likeness (QED) is 0.173. The molecule has 0 spiro atoms. The second-order valence-electron chi connectivity index (χ2n) is 19.1. The van der Waals surface area contributed by atoms with Crippen molar-refractivity contribution in [1.82, 2.24) is 0 Å². The molecular weight excluding hydrogens is 661 g/mol. The number of amidine groups is 1. The monoisotopic (exact) mass is 717 g/mol. The highest BCUT2D eigenvalue weighted by Crippen LogP contribution is 2.47. The van der Waals surface area contributed by atoms with Crippen molar-refractivity contribution in [2.45, 2.75) is 112 Å². The van der Waals surface area contributed by atoms with Gasteiger partial charge in [-0.3, -0.25) is 4.90 Å². The van der Waals surface area contributed by atoms with Gasteiger partial charge < -0.3 is 4.90 Å². The molecule has 5 heteroatoms. The van der Waals surface area contributed by atoms with Gasteiger partial charge in [0.15, 0.2) is 0 Å². The molecule has 3 nitrogen and oxygen atoms in total. The lowest BCUT2D eigenvalue weighted by Gasteiger charge is -2.44. The van der Waals surface area contributed by atoms with Gasteiger partial charge in [0.1, 0.15) is 5.84 Å². The number of hydrogen-bond acceptors (Lipinski definition) is 3. The lowest BCUT2D eigenvalue weighted by molar-refractivity contribution is 0.590. The Balaban J connectivity index is 1.59. The van der Waals surface area contributed by atoms with Crippen molar-refractivity contribution in [3.8, 4) is 0 Å². The molecule has 0 saturated carbocycles. The minimum Gasteiger partial charge on any atom is -0.314 e. The van der Waals surface area contributed by atoms with Crippen LogP contribution in [0.4, 0.5) is 22.7 Å². The molecular formula is C48H56BN3S. The molecule has 0 radical (unpaired) electrons. The van der Waals surface area contributed by atoms with Gasteiger partial charge in [0.05, 0.1) is 5.69 Å². The lowest BCUT2D eigenvalue weighted by atomic mass is 9.35. The molecule has 272 valence electrons. The number of allylic oxidation sites excluding steroid dienone is 1. The number of rotatable bonds is 3. The molecule has 0 atom stereocenters. The molecule has 0 fully saturated rings. The first-order chi connectivity index (χ1) is 24.7. The van der Waals surface area contributed by atoms with Crippen molar-refractivity contribution in [1.29, 1.82) is 0 Å². The van der Waals surface area contributed by atoms with Gasteiger partial charge in [-0.25, -0.2) is 4.99 Å². The SMILES string of the molecule is C=CN=C1C2=C(C)N(c3ccc(C(C)(C)C)cc3)c3c(sc4ccc(C(C)(C)C)cc34)B2c2cc(C(C)(C)C)ccc2N1c1ccc(C(C)(C)C)cc1. The standard InChI is InChI=1S/C48H56BN3S/c1-15-50-44-41-30(2)51(35-22-16-31(17-23-35)45(3,4)5)42-37-28-33(47(9,10)11)21-27-40(37)53-43(42)49(41)38-29-34(48(12,13)14)20-26-39(38)52(44)36-24-18-32(19-25-36)46(6,7)8/h15-29H,1H2,2-14H3. The second kappa shape index (κ2) is 12.6. The third kappa shape index (κ3) is 6.39. The predicted molar refractivity (Wildman–Crippen MR) is 236 cm³/mol. The van der Waals surface area contributed by atoms with Gasteiger partial charge in [0, 0.05) is 43.8 Å². The smallest absolute Gasteiger partial charge is 0.266 e. The Morgan fingerprint density at radius 3 is 1.58 bits per heavy atom. The Bertz CT molecular complexity index is 2290. The summed E-state index contributed by atoms with van der Waals surface area (Å²) in [5.41, 5.74) is 13.9. The molecule has 0 saturated heterocycles. The number of nitrogens with zero attached hydrogens (tertiary/aromatic N) is 3. The maximum Gasteiger partial charge on any atom is 0.266 e. The van der Waals surface area contributed by atoms with Crippen molar-refractivity contribution in [2.75, 3.05) is 9.80 Å². The third-order valence-corrected chi connectivity index (χ3v) is 12.4. The number of benzene rings is 4. The second-order valence-corrected chi connectivity index (χ2v) is 20.2. The van der Waals surface area contributed by atoms with Crippen molar-refractivity contribution in [3.05, 3.63) is 131 Å². The molecule has 0 bridgehead atoms. The molecule has 0 unspecified atom stereocenters. The van der Waals surface area contributed by atoms with Gasteiger partial charge in [-0.05, 0) is 104 Å². The van der Waals surface area contributed by atoms with Crippen LogP contribution in [0.5, 0.6) is 0 Å². The van der Waals surface area contributed by atoms with Crippen LogP contribution in [-0.4, -0.2) is 12.5 Å². The summed E-state index contributed by atoms with van der Waals surface area (Å²) < 4.78 is 2.67. The largest absolute Gasteiger partial charge is 0.314 e. The Morgan fingerprint density at radius 2 is 1.08 bits per heavy atom. The maximum atomic E-state index is 5.19. The molecule has 53 heavy (non-hydrogen) atoms. The van der Waals surface area contributed by atoms with E-state index in [0.29, 0.717) is 0 Å². The van der Waals surface area contributed by atoms with Gasteiger partial charge in [-0.15, -0.1) is 11.3 Å². The van der Waals surface area contributed by atoms with E-state index in [1.54, 1.807) is 6.20 Å². The van der Waals surface area contributed by atoms with Crippen molar-refractivity contribution in [2.24, 2.45) is 4.99 Å². The molecule has 4 aromatic carbocycles. The molecule has 0 aliphatic carbocycles. The van der Waals surface area contributed by atoms with Gasteiger partial charge in [-0.1, -0.05) is 132 Å². The minimum absolute atomic E-state index is 0.00619. The van der Waals surface area contributed by atoms with Gasteiger partial charge in [0.25, 0.3) is 6.71 Å². The van der Waals surface area contributed by atoms with Gasteiger partial charge in [-0.2, -0.15) is 0 Å². The molecule has 2 aliphatic rings. The number of anilines is 4. The molecule has 7 rings (SSSR count). The van der Waals surface area contributed by atoms with Crippen LogP contribution in [0.1, 0.15) is 112 Å². The number of aliphatic imine (C=N–C) groups is 1. The first-order valence-corrected chi connectivity index (χ1v) is 19.9. The lowest BCUT2D eigenvalue weighted by Crippen LogP contribution is -2.58. The van der Waals surface area contributed by atoms with E-state index in [4.69, 9.17) is 4.99 Å². The van der Waals surface area contributed by atoms with Gasteiger partial charge >= 0.3 is 0 Å². The number of hydrogen-bond donors (Lipinski definition) is 0. The minimum atomic E-state index is -0.0112. The summed E-state index contributed by atoms with van der Waals surface area (Å²) in [4.78, 5) is 10.1. The number of fused-ring (bicyclic) bond motifs is 7. The van der Waals surface area contributed by atoms with Crippen LogP contribution in [0.25, 0.3) is 10.1 Å². The Morgan fingerprint density at radius 1 is 0.604 bits per heavy atom. The summed E-state index contributed by atoms with van der Waals surface area (Å²) in [6.45, 7) is 34.0. The van der Waals surface area contributed by atoms with Crippen LogP contribution in [0.3, 0.4) is 0 Å². The highest BCUT2D eigenvalue weighted by molar-refractivity contribution is 7.33. The average Bonchev–Trinajstić information content (AvgIpc) is 3.45. The normalized spacial score (nSPS) is 15.9. The maximum absolute atomic E-state index is 5.19. The summed E-state index contributed by atoms with van der Waals surface area (Å²) >= 11 is 1.94. The fourth-order valence-corrected chi connectivity index (χ4v) is 9.22. The predicted octanol–water partition coefficient (Wildman–Crippen LogP) is 12.4. The van der Waals surface area contributed by atoms with Crippen LogP contribution < -0.4 is 20.0 Å². The fraction of sp³-hybridized carbons (Fsp3) is 0.354. The van der Waals surface area contributed by atoms with E-state index < -0.39 is 0 Å². The molecule has 3 heterocycles. The fourth-order valence-electron chi connectivity index (χ4n) is 7.92. The van der Waals surface area contributed by atoms with E-state index in [2.05, 4.69) is 191 Å². The van der Waals surface area contributed by atoms with Crippen molar-refractivity contribution in [3.63, 3.8) is 0 Å². The summed E-state index contributed by atoms with van der Waals surface area (Å²) in [5, 5.41) is 1.31. The van der Waals surface area contributed by atoms with Crippen LogP contribution in [0.2, 0.25) is 0 Å². The zero-order chi connectivity index (χ0) is 38.4. The van der Waals surface area contributed by atoms with E-state index in [-0.39, 0.29) is 28.4 Å². The van der Waals surface area contributed by atoms with Crippen LogP contribution in [0, 0.1) is 0 Å². The Kier molecular flexibility index (Phi) is 8.81.